The van der Waals surface area contributed by atoms with Crippen LogP contribution < -0.4 is 0 Å². The van der Waals surface area contributed by atoms with Crippen LogP contribution in [0, 0.1) is 0 Å². The smallest absolute Gasteiger partial charge is 0.654 e. The molecular formula is C50H38Fe2MnN6+2. The molecule has 4 aromatic heterocycles. The SMILES string of the molecule is C1=CC(=C2C=C(c3ccccn3)[N-]C(c3ccccn3)=C2)C=C1.C1=CC(=C2C=C(c3ccccn3)[N-]C(c3ccccn3)=C2)C=C1.[Fe+2].[Fe+2].[Mn+2].c1cc[cH-]c1.c1cc[cH-]c1. The Kier molecular flexibility index (Phi) is 19.0. The van der Waals surface area contributed by atoms with E-state index in [1.165, 1.54) is 11.1 Å². The van der Waals surface area contributed by atoms with Gasteiger partial charge in [-0.05, 0) is 70.8 Å². The summed E-state index contributed by atoms with van der Waals surface area (Å²) in [5, 5.41) is 9.52. The summed E-state index contributed by atoms with van der Waals surface area (Å²) >= 11 is 0. The Morgan fingerprint density at radius 2 is 0.610 bits per heavy atom. The first-order valence-electron chi connectivity index (χ1n) is 18.3. The minimum Gasteiger partial charge on any atom is -0.654 e. The van der Waals surface area contributed by atoms with Crippen LogP contribution in [0.25, 0.3) is 33.4 Å². The van der Waals surface area contributed by atoms with Gasteiger partial charge in [-0.15, -0.1) is 22.8 Å². The fourth-order valence-corrected chi connectivity index (χ4v) is 5.75. The molecule has 1 radical (unpaired) electrons. The third-order valence-corrected chi connectivity index (χ3v) is 8.46. The molecule has 2 aliphatic heterocycles. The van der Waals surface area contributed by atoms with Gasteiger partial charge in [-0.25, -0.2) is 24.3 Å². The van der Waals surface area contributed by atoms with E-state index in [2.05, 4.69) is 68.5 Å². The summed E-state index contributed by atoms with van der Waals surface area (Å²) in [6, 6.07) is 43.4. The van der Waals surface area contributed by atoms with Gasteiger partial charge in [-0.1, -0.05) is 97.2 Å². The maximum Gasteiger partial charge on any atom is 2.00 e. The molecule has 6 heterocycles. The van der Waals surface area contributed by atoms with Crippen molar-refractivity contribution >= 4 is 22.8 Å². The fraction of sp³-hybridized carbons (Fsp3) is 0. The molecule has 289 valence electrons. The number of allylic oxidation sites excluding steroid dienone is 16. The fourth-order valence-electron chi connectivity index (χ4n) is 5.75. The van der Waals surface area contributed by atoms with E-state index >= 15 is 0 Å². The molecule has 9 heteroatoms. The summed E-state index contributed by atoms with van der Waals surface area (Å²) in [5.41, 5.74) is 11.4. The maximum absolute atomic E-state index is 4.76. The molecule has 0 fully saturated rings. The van der Waals surface area contributed by atoms with E-state index in [1.807, 2.05) is 158 Å². The van der Waals surface area contributed by atoms with Crippen LogP contribution in [-0.4, -0.2) is 19.9 Å². The Bertz CT molecular complexity index is 2120. The summed E-state index contributed by atoms with van der Waals surface area (Å²) in [6.07, 6.45) is 32.0. The summed E-state index contributed by atoms with van der Waals surface area (Å²) in [6.45, 7) is 0. The average Bonchev–Trinajstić information content (AvgIpc) is 4.15. The number of hydrogen-bond donors (Lipinski definition) is 0. The average molecular weight is 890 g/mol. The Hall–Kier alpha value is -6.14. The zero-order chi connectivity index (χ0) is 38.0. The largest absolute Gasteiger partial charge is 2.00 e. The molecule has 0 bridgehead atoms. The molecule has 0 saturated carbocycles. The van der Waals surface area contributed by atoms with Gasteiger partial charge < -0.3 is 10.6 Å². The first kappa shape index (κ1) is 45.6. The molecule has 10 rings (SSSR count). The van der Waals surface area contributed by atoms with Crippen molar-refractivity contribution in [1.82, 2.24) is 19.9 Å². The number of hydrogen-bond acceptors (Lipinski definition) is 4. The molecule has 0 atom stereocenters. The van der Waals surface area contributed by atoms with E-state index in [4.69, 9.17) is 10.6 Å². The van der Waals surface area contributed by atoms with Crippen molar-refractivity contribution in [2.75, 3.05) is 0 Å². The van der Waals surface area contributed by atoms with Gasteiger partial charge in [0, 0.05) is 47.6 Å². The molecule has 2 aliphatic carbocycles. The van der Waals surface area contributed by atoms with Crippen LogP contribution in [0.15, 0.2) is 253 Å². The topological polar surface area (TPSA) is 79.8 Å². The van der Waals surface area contributed by atoms with Crippen LogP contribution in [0.5, 0.6) is 0 Å². The van der Waals surface area contributed by atoms with Gasteiger partial charge in [0.1, 0.15) is 0 Å². The molecule has 0 amide bonds. The summed E-state index contributed by atoms with van der Waals surface area (Å²) < 4.78 is 0. The van der Waals surface area contributed by atoms with Crippen molar-refractivity contribution in [1.29, 1.82) is 0 Å². The molecule has 2 aromatic carbocycles. The predicted molar refractivity (Wildman–Crippen MR) is 230 cm³/mol. The molecule has 0 unspecified atom stereocenters. The van der Waals surface area contributed by atoms with Crippen LogP contribution in [0.1, 0.15) is 22.8 Å². The second-order valence-electron chi connectivity index (χ2n) is 12.4. The quantitative estimate of drug-likeness (QED) is 0.130. The minimum absolute atomic E-state index is 0. The van der Waals surface area contributed by atoms with Gasteiger partial charge in [0.25, 0.3) is 0 Å². The minimum atomic E-state index is 0. The van der Waals surface area contributed by atoms with Gasteiger partial charge in [0.05, 0.1) is 0 Å². The molecule has 0 saturated heterocycles. The van der Waals surface area contributed by atoms with Gasteiger partial charge in [-0.2, -0.15) is 36.4 Å². The summed E-state index contributed by atoms with van der Waals surface area (Å²) in [5.74, 6) is 0. The van der Waals surface area contributed by atoms with Gasteiger partial charge in [-0.3, -0.25) is 19.9 Å². The van der Waals surface area contributed by atoms with Crippen molar-refractivity contribution in [2.45, 2.75) is 0 Å². The van der Waals surface area contributed by atoms with Crippen LogP contribution in [0.4, 0.5) is 0 Å². The van der Waals surface area contributed by atoms with Crippen LogP contribution >= 0.6 is 0 Å². The van der Waals surface area contributed by atoms with Crippen molar-refractivity contribution in [3.05, 3.63) is 287 Å². The standard InChI is InChI=1S/2C20H14N3.2C5H5.2Fe.Mn/c2*1-2-8-15(7-1)16-13-19(17-9-3-5-11-21-17)23-20(14-16)18-10-4-6-12-22-18;2*1-2-4-5-3-1;;;/h2*1-14H;2*1-5H;;;/q4*-1;3*+2. The number of nitrogens with zero attached hydrogens (tertiary/aromatic N) is 6. The van der Waals surface area contributed by atoms with Crippen molar-refractivity contribution < 1.29 is 51.2 Å². The second kappa shape index (κ2) is 24.6. The second-order valence-corrected chi connectivity index (χ2v) is 12.4. The molecule has 0 spiro atoms. The molecule has 6 nitrogen and oxygen atoms in total. The molecule has 6 aromatic rings. The zero-order valence-corrected chi connectivity index (χ0v) is 35.1. The zero-order valence-electron chi connectivity index (χ0n) is 31.7. The van der Waals surface area contributed by atoms with E-state index in [0.29, 0.717) is 0 Å². The van der Waals surface area contributed by atoms with Crippen molar-refractivity contribution in [3.8, 4) is 0 Å². The van der Waals surface area contributed by atoms with Crippen molar-refractivity contribution in [3.63, 3.8) is 0 Å². The Morgan fingerprint density at radius 1 is 0.339 bits per heavy atom. The predicted octanol–water partition coefficient (Wildman–Crippen LogP) is 12.1. The van der Waals surface area contributed by atoms with Crippen LogP contribution in [0.2, 0.25) is 0 Å². The van der Waals surface area contributed by atoms with Gasteiger partial charge in [0.2, 0.25) is 0 Å². The van der Waals surface area contributed by atoms with E-state index in [0.717, 1.165) is 56.7 Å². The Morgan fingerprint density at radius 3 is 0.814 bits per heavy atom. The monoisotopic (exact) mass is 889 g/mol. The third kappa shape index (κ3) is 13.5. The van der Waals surface area contributed by atoms with E-state index < -0.39 is 0 Å². The van der Waals surface area contributed by atoms with E-state index in [9.17, 15) is 0 Å². The first-order chi connectivity index (χ1) is 27.8. The number of rotatable bonds is 4. The maximum atomic E-state index is 4.76. The van der Waals surface area contributed by atoms with Gasteiger partial charge >= 0.3 is 51.2 Å². The van der Waals surface area contributed by atoms with Crippen LogP contribution in [-0.2, 0) is 51.2 Å². The Balaban J connectivity index is 0.000000202. The van der Waals surface area contributed by atoms with E-state index in [-0.39, 0.29) is 51.2 Å². The summed E-state index contributed by atoms with van der Waals surface area (Å²) in [7, 11) is 0. The third-order valence-electron chi connectivity index (χ3n) is 8.46. The molecule has 0 N–H and O–H groups in total. The first-order valence-corrected chi connectivity index (χ1v) is 18.3. The summed E-state index contributed by atoms with van der Waals surface area (Å²) in [4.78, 5) is 17.7. The van der Waals surface area contributed by atoms with Crippen LogP contribution in [0.3, 0.4) is 0 Å². The number of aromatic nitrogens is 4. The molecular weight excluding hydrogens is 851 g/mol. The van der Waals surface area contributed by atoms with Gasteiger partial charge in [0.15, 0.2) is 0 Å². The molecule has 4 aliphatic rings. The van der Waals surface area contributed by atoms with Crippen molar-refractivity contribution in [2.24, 2.45) is 0 Å². The Labute approximate surface area is 378 Å². The van der Waals surface area contributed by atoms with E-state index in [1.54, 1.807) is 24.8 Å². The normalized spacial score (nSPS) is 14.0. The number of pyridine rings is 4. The molecule has 59 heavy (non-hydrogen) atoms.